The summed E-state index contributed by atoms with van der Waals surface area (Å²) in [4.78, 5) is 4.22. The number of hydrogen-bond donors (Lipinski definition) is 1. The smallest absolute Gasteiger partial charge is 0.0456 e. The van der Waals surface area contributed by atoms with Crippen LogP contribution < -0.4 is 5.32 Å². The van der Waals surface area contributed by atoms with Gasteiger partial charge in [0, 0.05) is 27.9 Å². The average molecular weight is 354 g/mol. The summed E-state index contributed by atoms with van der Waals surface area (Å²) in [5.74, 6) is 0. The van der Waals surface area contributed by atoms with Crippen LogP contribution in [0.25, 0.3) is 0 Å². The molecule has 1 unspecified atom stereocenters. The van der Waals surface area contributed by atoms with E-state index in [0.717, 1.165) is 28.0 Å². The number of aryl methyl sites for hydroxylation is 1. The summed E-state index contributed by atoms with van der Waals surface area (Å²) < 4.78 is 1.00. The number of nitrogens with one attached hydrogen (secondary N) is 1. The molecule has 2 nitrogen and oxygen atoms in total. The molecule has 0 saturated heterocycles. The van der Waals surface area contributed by atoms with Crippen molar-refractivity contribution in [2.75, 3.05) is 6.54 Å². The van der Waals surface area contributed by atoms with Gasteiger partial charge in [0.1, 0.15) is 0 Å². The van der Waals surface area contributed by atoms with E-state index < -0.39 is 0 Å². The number of aromatic nitrogens is 1. The third-order valence-electron chi connectivity index (χ3n) is 3.18. The van der Waals surface area contributed by atoms with E-state index in [4.69, 9.17) is 11.6 Å². The number of rotatable bonds is 5. The molecule has 2 rings (SSSR count). The zero-order valence-electron chi connectivity index (χ0n) is 11.7. The molecule has 0 aliphatic carbocycles. The quantitative estimate of drug-likeness (QED) is 0.843. The number of benzene rings is 1. The minimum Gasteiger partial charge on any atom is -0.310 e. The van der Waals surface area contributed by atoms with Crippen molar-refractivity contribution in [1.29, 1.82) is 0 Å². The van der Waals surface area contributed by atoms with Crippen LogP contribution >= 0.6 is 27.5 Å². The van der Waals surface area contributed by atoms with Gasteiger partial charge in [0.25, 0.3) is 0 Å². The van der Waals surface area contributed by atoms with Crippen molar-refractivity contribution < 1.29 is 0 Å². The molecule has 0 spiro atoms. The second kappa shape index (κ2) is 7.21. The molecule has 1 heterocycles. The number of likely N-dealkylation sites (N-methyl/N-ethyl adjacent to an activating group) is 1. The molecule has 0 radical (unpaired) electrons. The predicted octanol–water partition coefficient (Wildman–Crippen LogP) is 4.70. The molecule has 20 heavy (non-hydrogen) atoms. The van der Waals surface area contributed by atoms with Crippen molar-refractivity contribution in [2.45, 2.75) is 26.3 Å². The van der Waals surface area contributed by atoms with Crippen LogP contribution in [-0.4, -0.2) is 11.5 Å². The standard InChI is InChI=1S/C16H18BrClN2/c1-3-20-16(8-12-7-13(17)10-19-9-12)14-5-4-11(2)6-15(14)18/h4-7,9-10,16,20H,3,8H2,1-2H3. The number of hydrogen-bond acceptors (Lipinski definition) is 2. The maximum absolute atomic E-state index is 6.39. The van der Waals surface area contributed by atoms with Crippen LogP contribution in [0.15, 0.2) is 41.1 Å². The Morgan fingerprint density at radius 2 is 2.10 bits per heavy atom. The lowest BCUT2D eigenvalue weighted by Gasteiger charge is -2.20. The van der Waals surface area contributed by atoms with E-state index in [1.54, 1.807) is 6.20 Å². The molecular formula is C16H18BrClN2. The van der Waals surface area contributed by atoms with Crippen LogP contribution in [0.5, 0.6) is 0 Å². The fourth-order valence-electron chi connectivity index (χ4n) is 2.26. The van der Waals surface area contributed by atoms with Gasteiger partial charge in [0.15, 0.2) is 0 Å². The molecule has 106 valence electrons. The van der Waals surface area contributed by atoms with Crippen molar-refractivity contribution in [2.24, 2.45) is 0 Å². The highest BCUT2D eigenvalue weighted by Crippen LogP contribution is 2.27. The van der Waals surface area contributed by atoms with E-state index in [9.17, 15) is 0 Å². The Kier molecular flexibility index (Phi) is 5.58. The topological polar surface area (TPSA) is 24.9 Å². The van der Waals surface area contributed by atoms with E-state index in [1.165, 1.54) is 11.1 Å². The van der Waals surface area contributed by atoms with E-state index in [0.29, 0.717) is 0 Å². The van der Waals surface area contributed by atoms with Gasteiger partial charge in [-0.2, -0.15) is 0 Å². The molecule has 1 aromatic heterocycles. The minimum atomic E-state index is 0.198. The molecular weight excluding hydrogens is 336 g/mol. The number of halogens is 2. The summed E-state index contributed by atoms with van der Waals surface area (Å²) in [6.07, 6.45) is 4.56. The normalized spacial score (nSPS) is 12.4. The summed E-state index contributed by atoms with van der Waals surface area (Å²) in [5.41, 5.74) is 3.50. The van der Waals surface area contributed by atoms with Gasteiger partial charge in [0.2, 0.25) is 0 Å². The summed E-state index contributed by atoms with van der Waals surface area (Å²) in [6.45, 7) is 5.06. The van der Waals surface area contributed by atoms with Crippen molar-refractivity contribution in [3.63, 3.8) is 0 Å². The van der Waals surface area contributed by atoms with Crippen LogP contribution in [0.4, 0.5) is 0 Å². The van der Waals surface area contributed by atoms with Gasteiger partial charge in [-0.3, -0.25) is 4.98 Å². The lowest BCUT2D eigenvalue weighted by atomic mass is 9.98. The summed E-state index contributed by atoms with van der Waals surface area (Å²) in [7, 11) is 0. The van der Waals surface area contributed by atoms with E-state index in [2.05, 4.69) is 58.3 Å². The molecule has 1 aromatic carbocycles. The van der Waals surface area contributed by atoms with Crippen LogP contribution in [0, 0.1) is 6.92 Å². The zero-order chi connectivity index (χ0) is 14.5. The van der Waals surface area contributed by atoms with Crippen LogP contribution in [0.1, 0.15) is 29.7 Å². The fraction of sp³-hybridized carbons (Fsp3) is 0.312. The molecule has 0 amide bonds. The number of nitrogens with zero attached hydrogens (tertiary/aromatic N) is 1. The number of pyridine rings is 1. The van der Waals surface area contributed by atoms with E-state index >= 15 is 0 Å². The molecule has 1 atom stereocenters. The van der Waals surface area contributed by atoms with Gasteiger partial charge in [-0.15, -0.1) is 0 Å². The second-order valence-electron chi connectivity index (χ2n) is 4.85. The fourth-order valence-corrected chi connectivity index (χ4v) is 3.04. The third-order valence-corrected chi connectivity index (χ3v) is 3.94. The highest BCUT2D eigenvalue weighted by molar-refractivity contribution is 9.10. The maximum atomic E-state index is 6.39. The summed E-state index contributed by atoms with van der Waals surface area (Å²) in [5, 5.41) is 4.32. The highest BCUT2D eigenvalue weighted by atomic mass is 79.9. The van der Waals surface area contributed by atoms with Gasteiger partial charge < -0.3 is 5.32 Å². The Balaban J connectivity index is 2.26. The van der Waals surface area contributed by atoms with Gasteiger partial charge in [-0.25, -0.2) is 0 Å². The SMILES string of the molecule is CCNC(Cc1cncc(Br)c1)c1ccc(C)cc1Cl. The monoisotopic (exact) mass is 352 g/mol. The van der Waals surface area contributed by atoms with Crippen LogP contribution in [0.3, 0.4) is 0 Å². The first-order valence-corrected chi connectivity index (χ1v) is 7.86. The molecule has 2 aromatic rings. The molecule has 0 saturated carbocycles. The van der Waals surface area contributed by atoms with Crippen molar-refractivity contribution in [3.05, 3.63) is 62.8 Å². The van der Waals surface area contributed by atoms with E-state index in [-0.39, 0.29) is 6.04 Å². The van der Waals surface area contributed by atoms with Crippen LogP contribution in [0.2, 0.25) is 5.02 Å². The average Bonchev–Trinajstić information content (AvgIpc) is 2.38. The largest absolute Gasteiger partial charge is 0.310 e. The molecule has 0 aliphatic rings. The lowest BCUT2D eigenvalue weighted by Crippen LogP contribution is -2.23. The Bertz CT molecular complexity index is 586. The Hall–Kier alpha value is -0.900. The second-order valence-corrected chi connectivity index (χ2v) is 6.17. The Morgan fingerprint density at radius 1 is 1.30 bits per heavy atom. The summed E-state index contributed by atoms with van der Waals surface area (Å²) >= 11 is 9.85. The first-order valence-electron chi connectivity index (χ1n) is 6.69. The third kappa shape index (κ3) is 4.05. The van der Waals surface area contributed by atoms with Crippen molar-refractivity contribution >= 4 is 27.5 Å². The maximum Gasteiger partial charge on any atom is 0.0456 e. The molecule has 0 fully saturated rings. The van der Waals surface area contributed by atoms with Gasteiger partial charge in [0.05, 0.1) is 0 Å². The van der Waals surface area contributed by atoms with Gasteiger partial charge >= 0.3 is 0 Å². The van der Waals surface area contributed by atoms with E-state index in [1.807, 2.05) is 12.3 Å². The first kappa shape index (κ1) is 15.5. The summed E-state index contributed by atoms with van der Waals surface area (Å²) in [6, 6.07) is 8.52. The molecule has 1 N–H and O–H groups in total. The van der Waals surface area contributed by atoms with Crippen LogP contribution in [-0.2, 0) is 6.42 Å². The first-order chi connectivity index (χ1) is 9.60. The zero-order valence-corrected chi connectivity index (χ0v) is 14.0. The minimum absolute atomic E-state index is 0.198. The van der Waals surface area contributed by atoms with Gasteiger partial charge in [-0.05, 0) is 64.6 Å². The molecule has 0 aliphatic heterocycles. The lowest BCUT2D eigenvalue weighted by molar-refractivity contribution is 0.549. The van der Waals surface area contributed by atoms with Gasteiger partial charge in [-0.1, -0.05) is 30.7 Å². The highest BCUT2D eigenvalue weighted by Gasteiger charge is 2.15. The predicted molar refractivity (Wildman–Crippen MR) is 88.2 cm³/mol. The van der Waals surface area contributed by atoms with Crippen molar-refractivity contribution in [3.8, 4) is 0 Å². The van der Waals surface area contributed by atoms with Crippen molar-refractivity contribution in [1.82, 2.24) is 10.3 Å². The Labute approximate surface area is 133 Å². The molecule has 4 heteroatoms. The molecule has 0 bridgehead atoms. The Morgan fingerprint density at radius 3 is 2.75 bits per heavy atom.